The molecular weight excluding hydrogens is 316 g/mol. The average molecular weight is 340 g/mol. The second-order valence-corrected chi connectivity index (χ2v) is 6.46. The minimum absolute atomic E-state index is 0.336. The second kappa shape index (κ2) is 7.27. The first-order chi connectivity index (χ1) is 12.3. The van der Waals surface area contributed by atoms with Crippen LogP contribution in [-0.4, -0.2) is 49.9 Å². The zero-order valence-corrected chi connectivity index (χ0v) is 14.6. The van der Waals surface area contributed by atoms with Gasteiger partial charge in [0.25, 0.3) is 0 Å². The first-order valence-corrected chi connectivity index (χ1v) is 8.90. The van der Waals surface area contributed by atoms with Gasteiger partial charge in [-0.15, -0.1) is 0 Å². The van der Waals surface area contributed by atoms with Gasteiger partial charge in [0.15, 0.2) is 0 Å². The van der Waals surface area contributed by atoms with Crippen molar-refractivity contribution in [2.45, 2.75) is 18.9 Å². The van der Waals surface area contributed by atoms with Gasteiger partial charge in [-0.05, 0) is 30.5 Å². The Bertz CT molecular complexity index is 718. The molecule has 2 fully saturated rings. The lowest BCUT2D eigenvalue weighted by atomic mass is 10.0. The Kier molecular flexibility index (Phi) is 4.70. The van der Waals surface area contributed by atoms with Gasteiger partial charge in [-0.3, -0.25) is 0 Å². The highest BCUT2D eigenvalue weighted by Gasteiger charge is 2.28. The van der Waals surface area contributed by atoms with Crippen LogP contribution in [0.1, 0.15) is 24.4 Å². The van der Waals surface area contributed by atoms with Crippen LogP contribution in [0.3, 0.4) is 0 Å². The van der Waals surface area contributed by atoms with Crippen LogP contribution in [-0.2, 0) is 4.74 Å². The number of nitrogens with zero attached hydrogens (tertiary/aromatic N) is 4. The molecule has 0 saturated carbocycles. The molecule has 4 rings (SSSR count). The molecule has 6 nitrogen and oxygen atoms in total. The highest BCUT2D eigenvalue weighted by atomic mass is 16.5. The minimum Gasteiger partial charge on any atom is -0.497 e. The van der Waals surface area contributed by atoms with Gasteiger partial charge in [0, 0.05) is 25.7 Å². The first-order valence-electron chi connectivity index (χ1n) is 8.90. The topological polar surface area (TPSA) is 50.7 Å². The molecule has 2 aliphatic heterocycles. The normalized spacial score (nSPS) is 20.8. The van der Waals surface area contributed by atoms with E-state index < -0.39 is 0 Å². The van der Waals surface area contributed by atoms with E-state index in [0.29, 0.717) is 6.04 Å². The molecular formula is C19H24N4O2. The van der Waals surface area contributed by atoms with E-state index in [4.69, 9.17) is 9.47 Å². The van der Waals surface area contributed by atoms with Gasteiger partial charge in [0.05, 0.1) is 26.4 Å². The number of ether oxygens (including phenoxy) is 2. The lowest BCUT2D eigenvalue weighted by Crippen LogP contribution is -2.37. The second-order valence-electron chi connectivity index (χ2n) is 6.46. The summed E-state index contributed by atoms with van der Waals surface area (Å²) in [7, 11) is 1.71. The van der Waals surface area contributed by atoms with Crippen molar-refractivity contribution in [3.63, 3.8) is 0 Å². The fourth-order valence-corrected chi connectivity index (χ4v) is 3.70. The highest BCUT2D eigenvalue weighted by Crippen LogP contribution is 2.36. The molecule has 1 atom stereocenters. The summed E-state index contributed by atoms with van der Waals surface area (Å²) in [4.78, 5) is 13.7. The van der Waals surface area contributed by atoms with Crippen molar-refractivity contribution < 1.29 is 9.47 Å². The predicted octanol–water partition coefficient (Wildman–Crippen LogP) is 2.66. The van der Waals surface area contributed by atoms with Crippen molar-refractivity contribution >= 4 is 11.6 Å². The van der Waals surface area contributed by atoms with E-state index in [0.717, 1.165) is 56.7 Å². The van der Waals surface area contributed by atoms with E-state index in [1.165, 1.54) is 12.0 Å². The highest BCUT2D eigenvalue weighted by molar-refractivity contribution is 5.53. The summed E-state index contributed by atoms with van der Waals surface area (Å²) in [5, 5.41) is 0. The summed E-state index contributed by atoms with van der Waals surface area (Å²) in [6.07, 6.45) is 3.98. The Morgan fingerprint density at radius 3 is 2.76 bits per heavy atom. The Labute approximate surface area is 148 Å². The number of rotatable bonds is 4. The van der Waals surface area contributed by atoms with Gasteiger partial charge in [-0.1, -0.05) is 12.1 Å². The van der Waals surface area contributed by atoms with Crippen LogP contribution in [0.25, 0.3) is 0 Å². The average Bonchev–Trinajstić information content (AvgIpc) is 3.19. The van der Waals surface area contributed by atoms with Crippen molar-refractivity contribution in [2.24, 2.45) is 0 Å². The molecule has 0 bridgehead atoms. The third kappa shape index (κ3) is 3.39. The Hall–Kier alpha value is -2.34. The smallest absolute Gasteiger partial charge is 0.134 e. The van der Waals surface area contributed by atoms with Crippen LogP contribution >= 0.6 is 0 Å². The molecule has 0 radical (unpaired) electrons. The maximum Gasteiger partial charge on any atom is 0.134 e. The van der Waals surface area contributed by atoms with Crippen molar-refractivity contribution in [3.05, 3.63) is 42.2 Å². The summed E-state index contributed by atoms with van der Waals surface area (Å²) >= 11 is 0. The van der Waals surface area contributed by atoms with E-state index >= 15 is 0 Å². The van der Waals surface area contributed by atoms with Gasteiger partial charge in [0.2, 0.25) is 0 Å². The van der Waals surface area contributed by atoms with E-state index in [1.54, 1.807) is 13.4 Å². The zero-order valence-electron chi connectivity index (χ0n) is 14.6. The summed E-state index contributed by atoms with van der Waals surface area (Å²) in [6, 6.07) is 10.8. The summed E-state index contributed by atoms with van der Waals surface area (Å²) in [5.74, 6) is 2.90. The molecule has 2 aliphatic rings. The SMILES string of the molecule is COc1cccc([C@@H]2CCCN2c2cc(N3CCOCC3)ncn2)c1. The Balaban J connectivity index is 1.59. The monoisotopic (exact) mass is 340 g/mol. The maximum absolute atomic E-state index is 5.44. The van der Waals surface area contributed by atoms with Crippen molar-refractivity contribution in [1.82, 2.24) is 9.97 Å². The van der Waals surface area contributed by atoms with E-state index in [-0.39, 0.29) is 0 Å². The molecule has 0 aliphatic carbocycles. The Morgan fingerprint density at radius 2 is 1.92 bits per heavy atom. The van der Waals surface area contributed by atoms with Crippen molar-refractivity contribution in [3.8, 4) is 5.75 Å². The number of methoxy groups -OCH3 is 1. The van der Waals surface area contributed by atoms with E-state index in [1.807, 2.05) is 6.07 Å². The molecule has 0 N–H and O–H groups in total. The number of hydrogen-bond acceptors (Lipinski definition) is 6. The van der Waals surface area contributed by atoms with Gasteiger partial charge < -0.3 is 19.3 Å². The third-order valence-electron chi connectivity index (χ3n) is 5.00. The minimum atomic E-state index is 0.336. The van der Waals surface area contributed by atoms with Crippen LogP contribution in [0.4, 0.5) is 11.6 Å². The van der Waals surface area contributed by atoms with Gasteiger partial charge in [-0.25, -0.2) is 9.97 Å². The molecule has 132 valence electrons. The molecule has 3 heterocycles. The number of morpholine rings is 1. The fourth-order valence-electron chi connectivity index (χ4n) is 3.70. The van der Waals surface area contributed by atoms with E-state index in [2.05, 4.69) is 44.0 Å². The van der Waals surface area contributed by atoms with Crippen LogP contribution < -0.4 is 14.5 Å². The lowest BCUT2D eigenvalue weighted by Gasteiger charge is -2.30. The number of hydrogen-bond donors (Lipinski definition) is 0. The summed E-state index contributed by atoms with van der Waals surface area (Å²) in [6.45, 7) is 4.30. The maximum atomic E-state index is 5.44. The number of benzene rings is 1. The molecule has 0 unspecified atom stereocenters. The molecule has 25 heavy (non-hydrogen) atoms. The van der Waals surface area contributed by atoms with Crippen molar-refractivity contribution in [1.29, 1.82) is 0 Å². The van der Waals surface area contributed by atoms with E-state index in [9.17, 15) is 0 Å². The van der Waals surface area contributed by atoms with Crippen LogP contribution in [0, 0.1) is 0 Å². The molecule has 2 aromatic rings. The standard InChI is InChI=1S/C19H24N4O2/c1-24-16-5-2-4-15(12-16)17-6-3-7-23(17)19-13-18(20-14-21-19)22-8-10-25-11-9-22/h2,4-5,12-14,17H,3,6-11H2,1H3/t17-/m0/s1. The largest absolute Gasteiger partial charge is 0.497 e. The van der Waals surface area contributed by atoms with Crippen molar-refractivity contribution in [2.75, 3.05) is 49.8 Å². The van der Waals surface area contributed by atoms with Gasteiger partial charge in [0.1, 0.15) is 23.7 Å². The van der Waals surface area contributed by atoms with Gasteiger partial charge in [-0.2, -0.15) is 0 Å². The molecule has 0 spiro atoms. The molecule has 2 saturated heterocycles. The van der Waals surface area contributed by atoms with Crippen LogP contribution in [0.5, 0.6) is 5.75 Å². The molecule has 0 amide bonds. The Morgan fingerprint density at radius 1 is 1.08 bits per heavy atom. The van der Waals surface area contributed by atoms with Crippen LogP contribution in [0.2, 0.25) is 0 Å². The molecule has 6 heteroatoms. The quantitative estimate of drug-likeness (QED) is 0.853. The number of anilines is 2. The third-order valence-corrected chi connectivity index (χ3v) is 5.00. The van der Waals surface area contributed by atoms with Gasteiger partial charge >= 0.3 is 0 Å². The summed E-state index contributed by atoms with van der Waals surface area (Å²) < 4.78 is 10.8. The first kappa shape index (κ1) is 16.1. The molecule has 1 aromatic heterocycles. The zero-order chi connectivity index (χ0) is 17.1. The summed E-state index contributed by atoms with van der Waals surface area (Å²) in [5.41, 5.74) is 1.28. The number of aromatic nitrogens is 2. The predicted molar refractivity (Wildman–Crippen MR) is 97.4 cm³/mol. The van der Waals surface area contributed by atoms with Crippen LogP contribution in [0.15, 0.2) is 36.7 Å². The lowest BCUT2D eigenvalue weighted by molar-refractivity contribution is 0.122. The fraction of sp³-hybridized carbons (Fsp3) is 0.474. The molecule has 1 aromatic carbocycles.